The van der Waals surface area contributed by atoms with Crippen LogP contribution in [0.4, 0.5) is 10.2 Å². The number of anilines is 1. The number of rotatable bonds is 4. The second-order valence-corrected chi connectivity index (χ2v) is 6.94. The molecule has 1 aliphatic heterocycles. The highest BCUT2D eigenvalue weighted by atomic mass is 19.1. The lowest BCUT2D eigenvalue weighted by atomic mass is 10.1. The minimum atomic E-state index is -0.303. The molecule has 0 bridgehead atoms. The summed E-state index contributed by atoms with van der Waals surface area (Å²) in [5, 5.41) is 0. The number of hydrogen-bond donors (Lipinski definition) is 1. The summed E-state index contributed by atoms with van der Waals surface area (Å²) in [5.74, 6) is 0.0176. The van der Waals surface area contributed by atoms with E-state index in [0.29, 0.717) is 37.5 Å². The highest BCUT2D eigenvalue weighted by Gasteiger charge is 2.27. The van der Waals surface area contributed by atoms with Gasteiger partial charge in [0.1, 0.15) is 17.7 Å². The van der Waals surface area contributed by atoms with Crippen molar-refractivity contribution in [1.82, 2.24) is 14.9 Å². The molecule has 1 unspecified atom stereocenters. The number of nitrogen functional groups attached to an aromatic ring is 1. The molecule has 4 rings (SSSR count). The third kappa shape index (κ3) is 4.57. The van der Waals surface area contributed by atoms with Gasteiger partial charge in [0.15, 0.2) is 0 Å². The molecule has 0 spiro atoms. The molecule has 1 atom stereocenters. The zero-order valence-corrected chi connectivity index (χ0v) is 15.8. The maximum atomic E-state index is 13.1. The van der Waals surface area contributed by atoms with E-state index in [0.717, 1.165) is 17.0 Å². The molecule has 2 N–H and O–H groups in total. The maximum absolute atomic E-state index is 13.1. The first kappa shape index (κ1) is 19.0. The zero-order valence-electron chi connectivity index (χ0n) is 15.8. The third-order valence-electron chi connectivity index (χ3n) is 4.84. The van der Waals surface area contributed by atoms with Crippen LogP contribution in [0.2, 0.25) is 0 Å². The summed E-state index contributed by atoms with van der Waals surface area (Å²) in [6, 6.07) is 15.4. The number of carbonyl (C=O) groups is 1. The normalized spacial score (nSPS) is 16.6. The molecule has 0 saturated carbocycles. The van der Waals surface area contributed by atoms with E-state index in [1.807, 2.05) is 18.2 Å². The fourth-order valence-electron chi connectivity index (χ4n) is 3.31. The predicted molar refractivity (Wildman–Crippen MR) is 107 cm³/mol. The Labute approximate surface area is 168 Å². The summed E-state index contributed by atoms with van der Waals surface area (Å²) in [5.41, 5.74) is 8.72. The Bertz CT molecular complexity index is 992. The van der Waals surface area contributed by atoms with Crippen molar-refractivity contribution in [3.8, 4) is 0 Å². The fraction of sp³-hybridized carbons (Fsp3) is 0.227. The van der Waals surface area contributed by atoms with E-state index in [-0.39, 0.29) is 17.8 Å². The lowest BCUT2D eigenvalue weighted by molar-refractivity contribution is -0.0248. The number of carbonyl (C=O) groups excluding carboxylic acids is 1. The van der Waals surface area contributed by atoms with Gasteiger partial charge in [0.2, 0.25) is 0 Å². The Morgan fingerprint density at radius 2 is 2.00 bits per heavy atom. The number of pyridine rings is 2. The average Bonchev–Trinajstić information content (AvgIpc) is 2.76. The topological polar surface area (TPSA) is 81.3 Å². The van der Waals surface area contributed by atoms with Crippen molar-refractivity contribution >= 4 is 11.7 Å². The van der Waals surface area contributed by atoms with Crippen LogP contribution >= 0.6 is 0 Å². The van der Waals surface area contributed by atoms with Crippen LogP contribution in [0.3, 0.4) is 0 Å². The van der Waals surface area contributed by atoms with Gasteiger partial charge in [-0.1, -0.05) is 18.2 Å². The van der Waals surface area contributed by atoms with Crippen molar-refractivity contribution in [2.24, 2.45) is 0 Å². The summed E-state index contributed by atoms with van der Waals surface area (Å²) < 4.78 is 19.0. The molecule has 1 aromatic carbocycles. The Balaban J connectivity index is 1.47. The highest BCUT2D eigenvalue weighted by Crippen LogP contribution is 2.23. The zero-order chi connectivity index (χ0) is 20.2. The molecular formula is C22H21FN4O2. The first-order valence-electron chi connectivity index (χ1n) is 9.41. The fourth-order valence-corrected chi connectivity index (χ4v) is 3.31. The first-order chi connectivity index (χ1) is 14.1. The minimum Gasteiger partial charge on any atom is -0.384 e. The Morgan fingerprint density at radius 1 is 1.17 bits per heavy atom. The molecule has 29 heavy (non-hydrogen) atoms. The van der Waals surface area contributed by atoms with Gasteiger partial charge in [-0.2, -0.15) is 0 Å². The van der Waals surface area contributed by atoms with E-state index in [2.05, 4.69) is 4.98 Å². The number of aromatic nitrogens is 2. The molecule has 2 aromatic heterocycles. The molecular weight excluding hydrogens is 371 g/mol. The molecule has 0 radical (unpaired) electrons. The van der Waals surface area contributed by atoms with Crippen molar-refractivity contribution in [3.63, 3.8) is 0 Å². The number of nitrogens with zero attached hydrogens (tertiary/aromatic N) is 3. The average molecular weight is 392 g/mol. The number of ether oxygens (including phenoxy) is 1. The number of amides is 1. The van der Waals surface area contributed by atoms with E-state index in [1.165, 1.54) is 18.3 Å². The quantitative estimate of drug-likeness (QED) is 0.738. The predicted octanol–water partition coefficient (Wildman–Crippen LogP) is 3.00. The monoisotopic (exact) mass is 392 g/mol. The highest BCUT2D eigenvalue weighted by molar-refractivity contribution is 5.94. The molecule has 1 fully saturated rings. The largest absolute Gasteiger partial charge is 0.384 e. The molecule has 6 nitrogen and oxygen atoms in total. The number of morpholine rings is 1. The Morgan fingerprint density at radius 3 is 2.76 bits per heavy atom. The summed E-state index contributed by atoms with van der Waals surface area (Å²) in [6.45, 7) is 1.36. The number of hydrogen-bond acceptors (Lipinski definition) is 5. The summed E-state index contributed by atoms with van der Waals surface area (Å²) in [7, 11) is 0. The second-order valence-electron chi connectivity index (χ2n) is 6.94. The summed E-state index contributed by atoms with van der Waals surface area (Å²) >= 11 is 0. The maximum Gasteiger partial charge on any atom is 0.255 e. The van der Waals surface area contributed by atoms with Gasteiger partial charge in [0.25, 0.3) is 5.91 Å². The number of benzene rings is 1. The van der Waals surface area contributed by atoms with Crippen LogP contribution < -0.4 is 5.73 Å². The van der Waals surface area contributed by atoms with E-state index < -0.39 is 0 Å². The van der Waals surface area contributed by atoms with Crippen LogP contribution in [-0.4, -0.2) is 40.5 Å². The minimum absolute atomic E-state index is 0.103. The second kappa shape index (κ2) is 8.36. The van der Waals surface area contributed by atoms with E-state index in [1.54, 1.807) is 29.2 Å². The van der Waals surface area contributed by atoms with Gasteiger partial charge in [0, 0.05) is 24.9 Å². The number of nitrogens with two attached hydrogens (primary N) is 1. The van der Waals surface area contributed by atoms with Crippen LogP contribution in [0.1, 0.15) is 33.4 Å². The molecule has 3 heterocycles. The standard InChI is InChI=1S/C22H21FN4O2/c23-17-7-4-15(5-8-17)12-18-2-1-3-19(26-18)20-14-27(10-11-29-20)22(28)16-6-9-21(24)25-13-16/h1-9,13,20H,10-12,14H2,(H2,24,25). The van der Waals surface area contributed by atoms with Crippen molar-refractivity contribution < 1.29 is 13.9 Å². The molecule has 1 amide bonds. The Hall–Kier alpha value is -3.32. The molecule has 7 heteroatoms. The van der Waals surface area contributed by atoms with E-state index in [4.69, 9.17) is 15.5 Å². The van der Waals surface area contributed by atoms with Crippen molar-refractivity contribution in [3.05, 3.63) is 89.1 Å². The van der Waals surface area contributed by atoms with Gasteiger partial charge in [-0.05, 0) is 42.0 Å². The summed E-state index contributed by atoms with van der Waals surface area (Å²) in [6.07, 6.45) is 1.78. The van der Waals surface area contributed by atoms with Crippen molar-refractivity contribution in [2.75, 3.05) is 25.4 Å². The van der Waals surface area contributed by atoms with Gasteiger partial charge in [-0.15, -0.1) is 0 Å². The van der Waals surface area contributed by atoms with E-state index in [9.17, 15) is 9.18 Å². The smallest absolute Gasteiger partial charge is 0.255 e. The molecule has 1 aliphatic rings. The van der Waals surface area contributed by atoms with Crippen LogP contribution in [0.15, 0.2) is 60.8 Å². The Kier molecular flexibility index (Phi) is 5.48. The van der Waals surface area contributed by atoms with Crippen molar-refractivity contribution in [2.45, 2.75) is 12.5 Å². The molecule has 0 aliphatic carbocycles. The molecule has 148 valence electrons. The van der Waals surface area contributed by atoms with Crippen LogP contribution in [0.5, 0.6) is 0 Å². The van der Waals surface area contributed by atoms with Gasteiger partial charge in [0.05, 0.1) is 24.4 Å². The van der Waals surface area contributed by atoms with Crippen LogP contribution in [-0.2, 0) is 11.2 Å². The van der Waals surface area contributed by atoms with Gasteiger partial charge < -0.3 is 15.4 Å². The third-order valence-corrected chi connectivity index (χ3v) is 4.84. The molecule has 1 saturated heterocycles. The van der Waals surface area contributed by atoms with Gasteiger partial charge >= 0.3 is 0 Å². The molecule has 3 aromatic rings. The number of halogens is 1. The first-order valence-corrected chi connectivity index (χ1v) is 9.41. The summed E-state index contributed by atoms with van der Waals surface area (Å²) in [4.78, 5) is 23.2. The lowest BCUT2D eigenvalue weighted by Gasteiger charge is -2.32. The van der Waals surface area contributed by atoms with Gasteiger partial charge in [-0.3, -0.25) is 9.78 Å². The van der Waals surface area contributed by atoms with E-state index >= 15 is 0 Å². The lowest BCUT2D eigenvalue weighted by Crippen LogP contribution is -2.42. The van der Waals surface area contributed by atoms with Crippen LogP contribution in [0, 0.1) is 5.82 Å². The SMILES string of the molecule is Nc1ccc(C(=O)N2CCOC(c3cccc(Cc4ccc(F)cc4)n3)C2)cn1. The van der Waals surface area contributed by atoms with Crippen LogP contribution in [0.25, 0.3) is 0 Å². The van der Waals surface area contributed by atoms with Gasteiger partial charge in [-0.25, -0.2) is 9.37 Å². The van der Waals surface area contributed by atoms with Crippen molar-refractivity contribution in [1.29, 1.82) is 0 Å².